The summed E-state index contributed by atoms with van der Waals surface area (Å²) in [5, 5.41) is 11.9. The predicted molar refractivity (Wildman–Crippen MR) is 137 cm³/mol. The molecule has 0 spiro atoms. The smallest absolute Gasteiger partial charge is 0.323 e. The summed E-state index contributed by atoms with van der Waals surface area (Å²) in [6, 6.07) is 13.5. The van der Waals surface area contributed by atoms with Crippen LogP contribution in [0.25, 0.3) is 22.4 Å². The first kappa shape index (κ1) is 23.6. The SMILES string of the molecule is C=CCn1c(SC(C)C(=O)Nc2ccc3[nH]c(=O)[nH]c3c2)nnc1-c1ccc(C(C)(C)C)cc1. The highest BCUT2D eigenvalue weighted by molar-refractivity contribution is 8.00. The van der Waals surface area contributed by atoms with Crippen LogP contribution in [0.1, 0.15) is 33.3 Å². The van der Waals surface area contributed by atoms with Crippen molar-refractivity contribution in [3.63, 3.8) is 0 Å². The second-order valence-electron chi connectivity index (χ2n) is 9.12. The third kappa shape index (κ3) is 4.99. The Balaban J connectivity index is 1.52. The first-order valence-corrected chi connectivity index (χ1v) is 11.9. The number of carbonyl (C=O) groups is 1. The lowest BCUT2D eigenvalue weighted by atomic mass is 9.87. The van der Waals surface area contributed by atoms with E-state index in [1.807, 2.05) is 11.5 Å². The molecule has 0 saturated heterocycles. The lowest BCUT2D eigenvalue weighted by Crippen LogP contribution is -2.23. The average molecular weight is 477 g/mol. The van der Waals surface area contributed by atoms with Gasteiger partial charge < -0.3 is 15.3 Å². The van der Waals surface area contributed by atoms with Gasteiger partial charge in [0.15, 0.2) is 11.0 Å². The van der Waals surface area contributed by atoms with Gasteiger partial charge in [-0.3, -0.25) is 9.36 Å². The van der Waals surface area contributed by atoms with Gasteiger partial charge in [-0.1, -0.05) is 62.9 Å². The van der Waals surface area contributed by atoms with Crippen LogP contribution < -0.4 is 11.0 Å². The lowest BCUT2D eigenvalue weighted by molar-refractivity contribution is -0.115. The van der Waals surface area contributed by atoms with Crippen LogP contribution in [0.2, 0.25) is 0 Å². The number of thioether (sulfide) groups is 1. The molecule has 176 valence electrons. The van der Waals surface area contributed by atoms with Crippen molar-refractivity contribution in [1.82, 2.24) is 24.7 Å². The normalized spacial score (nSPS) is 12.6. The predicted octanol–water partition coefficient (Wildman–Crippen LogP) is 4.72. The Hall–Kier alpha value is -3.59. The van der Waals surface area contributed by atoms with Gasteiger partial charge in [0.05, 0.1) is 16.3 Å². The van der Waals surface area contributed by atoms with Gasteiger partial charge in [-0.25, -0.2) is 4.79 Å². The van der Waals surface area contributed by atoms with E-state index in [2.05, 4.69) is 77.1 Å². The number of nitrogens with one attached hydrogen (secondary N) is 3. The molecule has 0 bridgehead atoms. The summed E-state index contributed by atoms with van der Waals surface area (Å²) in [7, 11) is 0. The van der Waals surface area contributed by atoms with Crippen LogP contribution in [0.3, 0.4) is 0 Å². The maximum atomic E-state index is 12.8. The second kappa shape index (κ2) is 9.34. The fourth-order valence-electron chi connectivity index (χ4n) is 3.57. The highest BCUT2D eigenvalue weighted by Crippen LogP contribution is 2.29. The summed E-state index contributed by atoms with van der Waals surface area (Å²) in [6.07, 6.45) is 1.79. The van der Waals surface area contributed by atoms with Gasteiger partial charge in [0.25, 0.3) is 0 Å². The number of amides is 1. The topological polar surface area (TPSA) is 108 Å². The largest absolute Gasteiger partial charge is 0.325 e. The average Bonchev–Trinajstić information content (AvgIpc) is 3.35. The van der Waals surface area contributed by atoms with E-state index < -0.39 is 5.25 Å². The fourth-order valence-corrected chi connectivity index (χ4v) is 4.43. The Labute approximate surface area is 201 Å². The van der Waals surface area contributed by atoms with Crippen LogP contribution in [0.4, 0.5) is 5.69 Å². The molecule has 9 heteroatoms. The number of hydrogen-bond acceptors (Lipinski definition) is 5. The van der Waals surface area contributed by atoms with E-state index in [4.69, 9.17) is 0 Å². The molecule has 0 fully saturated rings. The molecule has 4 aromatic rings. The van der Waals surface area contributed by atoms with E-state index in [1.54, 1.807) is 24.3 Å². The van der Waals surface area contributed by atoms with E-state index in [9.17, 15) is 9.59 Å². The van der Waals surface area contributed by atoms with E-state index in [-0.39, 0.29) is 17.0 Å². The van der Waals surface area contributed by atoms with E-state index in [0.29, 0.717) is 28.4 Å². The summed E-state index contributed by atoms with van der Waals surface area (Å²) in [5.41, 5.74) is 3.91. The van der Waals surface area contributed by atoms with Crippen LogP contribution in [-0.2, 0) is 16.8 Å². The van der Waals surface area contributed by atoms with Crippen molar-refractivity contribution in [2.45, 2.75) is 50.1 Å². The number of imidazole rings is 1. The molecule has 4 rings (SSSR count). The summed E-state index contributed by atoms with van der Waals surface area (Å²) in [4.78, 5) is 29.7. The number of anilines is 1. The zero-order valence-corrected chi connectivity index (χ0v) is 20.5. The van der Waals surface area contributed by atoms with Crippen LogP contribution in [0, 0.1) is 0 Å². The highest BCUT2D eigenvalue weighted by Gasteiger charge is 2.21. The molecule has 0 aliphatic carbocycles. The van der Waals surface area contributed by atoms with Gasteiger partial charge in [-0.15, -0.1) is 16.8 Å². The van der Waals surface area contributed by atoms with Crippen LogP contribution in [0.5, 0.6) is 0 Å². The molecule has 1 atom stereocenters. The maximum absolute atomic E-state index is 12.8. The number of hydrogen-bond donors (Lipinski definition) is 3. The Morgan fingerprint density at radius 1 is 1.15 bits per heavy atom. The zero-order chi connectivity index (χ0) is 24.5. The van der Waals surface area contributed by atoms with Crippen LogP contribution >= 0.6 is 11.8 Å². The third-order valence-corrected chi connectivity index (χ3v) is 6.55. The summed E-state index contributed by atoms with van der Waals surface area (Å²) in [5.74, 6) is 0.559. The number of nitrogens with zero attached hydrogens (tertiary/aromatic N) is 3. The Bertz CT molecular complexity index is 1390. The fraction of sp³-hybridized carbons (Fsp3) is 0.280. The zero-order valence-electron chi connectivity index (χ0n) is 19.7. The number of H-pyrrole nitrogens is 2. The quantitative estimate of drug-likeness (QED) is 0.264. The summed E-state index contributed by atoms with van der Waals surface area (Å²) < 4.78 is 1.96. The molecular formula is C25H28N6O2S. The summed E-state index contributed by atoms with van der Waals surface area (Å²) in [6.45, 7) is 12.7. The van der Waals surface area contributed by atoms with Gasteiger partial charge in [-0.05, 0) is 36.1 Å². The number of aromatic amines is 2. The van der Waals surface area contributed by atoms with Crippen molar-refractivity contribution in [2.24, 2.45) is 0 Å². The molecule has 0 radical (unpaired) electrons. The molecule has 2 heterocycles. The molecule has 3 N–H and O–H groups in total. The maximum Gasteiger partial charge on any atom is 0.323 e. The molecule has 8 nitrogen and oxygen atoms in total. The molecule has 2 aromatic heterocycles. The standard InChI is InChI=1S/C25H28N6O2S/c1-6-13-31-21(16-7-9-17(10-8-16)25(3,4)5)29-30-24(31)34-15(2)22(32)26-18-11-12-19-20(14-18)28-23(33)27-19/h6-12,14-15H,1,13H2,2-5H3,(H,26,32)(H2,27,28,33). The van der Waals surface area contributed by atoms with Gasteiger partial charge >= 0.3 is 5.69 Å². The molecule has 1 unspecified atom stereocenters. The van der Waals surface area contributed by atoms with Crippen LogP contribution in [-0.4, -0.2) is 35.9 Å². The molecular weight excluding hydrogens is 448 g/mol. The Morgan fingerprint density at radius 2 is 1.85 bits per heavy atom. The molecule has 1 amide bonds. The molecule has 2 aromatic carbocycles. The van der Waals surface area contributed by atoms with E-state index in [0.717, 1.165) is 11.4 Å². The lowest BCUT2D eigenvalue weighted by Gasteiger charge is -2.19. The minimum atomic E-state index is -0.426. The van der Waals surface area contributed by atoms with Gasteiger partial charge in [0.1, 0.15) is 0 Å². The van der Waals surface area contributed by atoms with Gasteiger partial charge in [-0.2, -0.15) is 0 Å². The number of allylic oxidation sites excluding steroid dienone is 1. The van der Waals surface area contributed by atoms with Gasteiger partial charge in [0, 0.05) is 17.8 Å². The first-order chi connectivity index (χ1) is 16.2. The minimum absolute atomic E-state index is 0.0675. The molecule has 0 aliphatic heterocycles. The van der Waals surface area contributed by atoms with E-state index in [1.165, 1.54) is 17.3 Å². The Morgan fingerprint density at radius 3 is 2.53 bits per heavy atom. The van der Waals surface area contributed by atoms with Crippen molar-refractivity contribution in [3.8, 4) is 11.4 Å². The number of aromatic nitrogens is 5. The summed E-state index contributed by atoms with van der Waals surface area (Å²) >= 11 is 1.33. The van der Waals surface area contributed by atoms with Crippen molar-refractivity contribution in [1.29, 1.82) is 0 Å². The van der Waals surface area contributed by atoms with Crippen molar-refractivity contribution in [2.75, 3.05) is 5.32 Å². The van der Waals surface area contributed by atoms with Gasteiger partial charge in [0.2, 0.25) is 5.91 Å². The number of benzene rings is 2. The molecule has 0 aliphatic rings. The second-order valence-corrected chi connectivity index (χ2v) is 10.4. The third-order valence-electron chi connectivity index (χ3n) is 5.47. The number of fused-ring (bicyclic) bond motifs is 1. The van der Waals surface area contributed by atoms with Crippen molar-refractivity contribution < 1.29 is 4.79 Å². The highest BCUT2D eigenvalue weighted by atomic mass is 32.2. The number of carbonyl (C=O) groups excluding carboxylic acids is 1. The number of rotatable bonds is 7. The monoisotopic (exact) mass is 476 g/mol. The van der Waals surface area contributed by atoms with Crippen LogP contribution in [0.15, 0.2) is 65.1 Å². The van der Waals surface area contributed by atoms with E-state index >= 15 is 0 Å². The van der Waals surface area contributed by atoms with Crippen molar-refractivity contribution in [3.05, 3.63) is 71.2 Å². The minimum Gasteiger partial charge on any atom is -0.325 e. The Kier molecular flexibility index (Phi) is 6.47. The molecule has 34 heavy (non-hydrogen) atoms. The van der Waals surface area contributed by atoms with Crippen molar-refractivity contribution >= 4 is 34.4 Å². The molecule has 0 saturated carbocycles. The first-order valence-electron chi connectivity index (χ1n) is 11.0.